The molecule has 1 spiro atoms. The second kappa shape index (κ2) is 10.9. The Balaban J connectivity index is 1.44. The van der Waals surface area contributed by atoms with Crippen LogP contribution in [-0.2, 0) is 12.0 Å². The van der Waals surface area contributed by atoms with Gasteiger partial charge in [0, 0.05) is 45.4 Å². The van der Waals surface area contributed by atoms with Crippen LogP contribution in [0.1, 0.15) is 39.3 Å². The van der Waals surface area contributed by atoms with Crippen LogP contribution in [0.4, 0.5) is 0 Å². The minimum Gasteiger partial charge on any atom is -0.456 e. The Labute approximate surface area is 275 Å². The standard InChI is InChI=1S/C45H33NO/c1-31-17-5-4-14-30-46-40-28-12-10-22-34(40)35-23-15-26-38(43(35)46)45(31)37-25-11-13-29-41(37)47-44-36(24-16-27-39(44)45)42(32-18-6-2-7-19-32)33-20-8-3-9-21-33/h2-29,42H,1,30H2/b14-4-,17-5-. The lowest BCUT2D eigenvalue weighted by Gasteiger charge is -2.43. The lowest BCUT2D eigenvalue weighted by Crippen LogP contribution is -2.35. The molecule has 2 aliphatic heterocycles. The van der Waals surface area contributed by atoms with E-state index in [1.807, 2.05) is 0 Å². The lowest BCUT2D eigenvalue weighted by molar-refractivity contribution is 0.428. The largest absolute Gasteiger partial charge is 0.456 e. The molecule has 6 aromatic carbocycles. The highest BCUT2D eigenvalue weighted by Crippen LogP contribution is 2.59. The summed E-state index contributed by atoms with van der Waals surface area (Å²) < 4.78 is 9.57. The number of fused-ring (bicyclic) bond motifs is 8. The summed E-state index contributed by atoms with van der Waals surface area (Å²) in [7, 11) is 0. The third-order valence-electron chi connectivity index (χ3n) is 10.0. The molecule has 0 N–H and O–H groups in total. The zero-order valence-corrected chi connectivity index (χ0v) is 26.0. The molecule has 2 heteroatoms. The number of benzene rings is 6. The lowest BCUT2D eigenvalue weighted by atomic mass is 9.62. The van der Waals surface area contributed by atoms with E-state index >= 15 is 0 Å². The Morgan fingerprint density at radius 3 is 2.04 bits per heavy atom. The molecule has 1 aromatic heterocycles. The predicted molar refractivity (Wildman–Crippen MR) is 194 cm³/mol. The van der Waals surface area contributed by atoms with Gasteiger partial charge in [-0.2, -0.15) is 0 Å². The quantitative estimate of drug-likeness (QED) is 0.183. The van der Waals surface area contributed by atoms with E-state index < -0.39 is 5.41 Å². The SMILES string of the molecule is C=C1/C=C\C=C/Cn2c3ccccc3c3cccc(c32)C12c1ccccc1Oc1c(C(c3ccccc3)c3ccccc3)cccc12. The van der Waals surface area contributed by atoms with Crippen LogP contribution in [0.5, 0.6) is 11.5 Å². The first kappa shape index (κ1) is 27.5. The molecule has 2 nitrogen and oxygen atoms in total. The van der Waals surface area contributed by atoms with E-state index in [4.69, 9.17) is 11.3 Å². The smallest absolute Gasteiger partial charge is 0.136 e. The highest BCUT2D eigenvalue weighted by atomic mass is 16.5. The van der Waals surface area contributed by atoms with Gasteiger partial charge in [0.1, 0.15) is 11.5 Å². The van der Waals surface area contributed by atoms with Crippen LogP contribution in [0, 0.1) is 0 Å². The molecule has 47 heavy (non-hydrogen) atoms. The first-order valence-electron chi connectivity index (χ1n) is 16.3. The van der Waals surface area contributed by atoms with Crippen molar-refractivity contribution in [3.05, 3.63) is 215 Å². The van der Waals surface area contributed by atoms with Crippen LogP contribution in [0.25, 0.3) is 21.8 Å². The van der Waals surface area contributed by atoms with Crippen LogP contribution in [0.2, 0.25) is 0 Å². The summed E-state index contributed by atoms with van der Waals surface area (Å²) >= 11 is 0. The number of nitrogens with zero attached hydrogens (tertiary/aromatic N) is 1. The molecule has 9 rings (SSSR count). The van der Waals surface area contributed by atoms with Crippen molar-refractivity contribution in [2.75, 3.05) is 0 Å². The molecule has 0 bridgehead atoms. The number of allylic oxidation sites excluding steroid dienone is 5. The fourth-order valence-corrected chi connectivity index (χ4v) is 8.11. The Morgan fingerprint density at radius 1 is 0.596 bits per heavy atom. The summed E-state index contributed by atoms with van der Waals surface area (Å²) in [4.78, 5) is 0. The van der Waals surface area contributed by atoms with Gasteiger partial charge in [-0.25, -0.2) is 0 Å². The van der Waals surface area contributed by atoms with Crippen molar-refractivity contribution in [2.45, 2.75) is 17.9 Å². The first-order valence-corrected chi connectivity index (χ1v) is 16.3. The fraction of sp³-hybridized carbons (Fsp3) is 0.0667. The zero-order valence-electron chi connectivity index (χ0n) is 26.0. The molecule has 3 heterocycles. The normalized spacial score (nSPS) is 18.1. The van der Waals surface area contributed by atoms with Gasteiger partial charge in [0.25, 0.3) is 0 Å². The van der Waals surface area contributed by atoms with Gasteiger partial charge < -0.3 is 9.30 Å². The zero-order chi connectivity index (χ0) is 31.4. The van der Waals surface area contributed by atoms with Crippen LogP contribution in [0.15, 0.2) is 182 Å². The van der Waals surface area contributed by atoms with Gasteiger partial charge in [0.05, 0.1) is 10.9 Å². The van der Waals surface area contributed by atoms with Crippen molar-refractivity contribution < 1.29 is 4.74 Å². The summed E-state index contributed by atoms with van der Waals surface area (Å²) in [5.41, 5.74) is 9.73. The van der Waals surface area contributed by atoms with Gasteiger partial charge in [-0.1, -0.05) is 164 Å². The van der Waals surface area contributed by atoms with E-state index in [1.54, 1.807) is 0 Å². The predicted octanol–water partition coefficient (Wildman–Crippen LogP) is 11.1. The average Bonchev–Trinajstić information content (AvgIpc) is 3.45. The molecule has 0 fully saturated rings. The second-order valence-corrected chi connectivity index (χ2v) is 12.5. The highest BCUT2D eigenvalue weighted by Gasteiger charge is 2.48. The van der Waals surface area contributed by atoms with E-state index in [0.29, 0.717) is 0 Å². The third-order valence-corrected chi connectivity index (χ3v) is 10.0. The van der Waals surface area contributed by atoms with Crippen molar-refractivity contribution in [1.29, 1.82) is 0 Å². The Bertz CT molecular complexity index is 2340. The third kappa shape index (κ3) is 4.05. The number of hydrogen-bond acceptors (Lipinski definition) is 1. The Morgan fingerprint density at radius 2 is 1.23 bits per heavy atom. The van der Waals surface area contributed by atoms with Gasteiger partial charge in [0.15, 0.2) is 0 Å². The number of para-hydroxylation sites is 4. The van der Waals surface area contributed by atoms with Gasteiger partial charge >= 0.3 is 0 Å². The van der Waals surface area contributed by atoms with E-state index in [1.165, 1.54) is 38.5 Å². The molecule has 0 radical (unpaired) electrons. The summed E-state index contributed by atoms with van der Waals surface area (Å²) in [5.74, 6) is 1.73. The van der Waals surface area contributed by atoms with Gasteiger partial charge in [-0.15, -0.1) is 0 Å². The van der Waals surface area contributed by atoms with Crippen molar-refractivity contribution in [3.8, 4) is 11.5 Å². The Hall–Kier alpha value is -5.86. The highest BCUT2D eigenvalue weighted by molar-refractivity contribution is 6.10. The van der Waals surface area contributed by atoms with E-state index in [0.717, 1.165) is 40.3 Å². The molecular weight excluding hydrogens is 571 g/mol. The van der Waals surface area contributed by atoms with E-state index in [9.17, 15) is 0 Å². The first-order chi connectivity index (χ1) is 23.3. The molecule has 1 atom stereocenters. The van der Waals surface area contributed by atoms with Gasteiger partial charge in [-0.3, -0.25) is 0 Å². The van der Waals surface area contributed by atoms with E-state index in [-0.39, 0.29) is 5.92 Å². The minimum atomic E-state index is -0.717. The fourth-order valence-electron chi connectivity index (χ4n) is 8.11. The van der Waals surface area contributed by atoms with Crippen LogP contribution >= 0.6 is 0 Å². The van der Waals surface area contributed by atoms with E-state index in [2.05, 4.69) is 174 Å². The van der Waals surface area contributed by atoms with Gasteiger partial charge in [0.2, 0.25) is 0 Å². The minimum absolute atomic E-state index is 0.0248. The number of hydrogen-bond donors (Lipinski definition) is 0. The molecule has 7 aromatic rings. The van der Waals surface area contributed by atoms with Crippen molar-refractivity contribution in [2.24, 2.45) is 0 Å². The maximum absolute atomic E-state index is 7.09. The summed E-state index contributed by atoms with van der Waals surface area (Å²) in [6, 6.07) is 52.4. The van der Waals surface area contributed by atoms with Crippen molar-refractivity contribution in [1.82, 2.24) is 4.57 Å². The summed E-state index contributed by atoms with van der Waals surface area (Å²) in [6.45, 7) is 5.65. The van der Waals surface area contributed by atoms with Crippen molar-refractivity contribution in [3.63, 3.8) is 0 Å². The summed E-state index contributed by atoms with van der Waals surface area (Å²) in [5, 5.41) is 2.50. The number of rotatable bonds is 3. The maximum atomic E-state index is 7.09. The van der Waals surface area contributed by atoms with Gasteiger partial charge in [-0.05, 0) is 34.4 Å². The number of aromatic nitrogens is 1. The monoisotopic (exact) mass is 603 g/mol. The molecule has 2 aliphatic rings. The maximum Gasteiger partial charge on any atom is 0.136 e. The molecule has 0 amide bonds. The molecule has 0 aliphatic carbocycles. The molecule has 0 saturated heterocycles. The molecule has 1 unspecified atom stereocenters. The molecule has 224 valence electrons. The Kier molecular flexibility index (Phi) is 6.36. The van der Waals surface area contributed by atoms with Crippen molar-refractivity contribution >= 4 is 21.8 Å². The number of ether oxygens (including phenoxy) is 1. The van der Waals surface area contributed by atoms with Crippen LogP contribution in [-0.4, -0.2) is 4.57 Å². The van der Waals surface area contributed by atoms with Crippen LogP contribution < -0.4 is 4.74 Å². The summed E-state index contributed by atoms with van der Waals surface area (Å²) in [6.07, 6.45) is 8.72. The molecule has 0 saturated carbocycles. The van der Waals surface area contributed by atoms with Crippen LogP contribution in [0.3, 0.4) is 0 Å². The molecular formula is C45H33NO. The topological polar surface area (TPSA) is 14.2 Å². The average molecular weight is 604 g/mol. The second-order valence-electron chi connectivity index (χ2n) is 12.5.